The summed E-state index contributed by atoms with van der Waals surface area (Å²) in [4.78, 5) is 11.1. The molecule has 8 aromatic carbocycles. The van der Waals surface area contributed by atoms with E-state index >= 15 is 0 Å². The van der Waals surface area contributed by atoms with Crippen molar-refractivity contribution < 1.29 is 4.42 Å². The second kappa shape index (κ2) is 9.75. The first-order valence-electron chi connectivity index (χ1n) is 18.0. The van der Waals surface area contributed by atoms with Crippen molar-refractivity contribution in [3.05, 3.63) is 158 Å². The van der Waals surface area contributed by atoms with Crippen LogP contribution in [0, 0.1) is 0 Å². The summed E-state index contributed by atoms with van der Waals surface area (Å²) < 4.78 is 11.3. The van der Waals surface area contributed by atoms with Gasteiger partial charge in [-0.15, -0.1) is 0 Å². The van der Waals surface area contributed by atoms with E-state index in [1.807, 2.05) is 12.1 Å². The molecule has 5 heteroatoms. The molecule has 1 aliphatic carbocycles. The predicted octanol–water partition coefficient (Wildman–Crippen LogP) is 12.5. The molecule has 53 heavy (non-hydrogen) atoms. The minimum Gasteiger partial charge on any atom is -0.456 e. The average molecular weight is 675 g/mol. The maximum Gasteiger partial charge on any atom is 0.165 e. The molecule has 0 aliphatic heterocycles. The Morgan fingerprint density at radius 1 is 0.396 bits per heavy atom. The first-order valence-corrected chi connectivity index (χ1v) is 18.0. The first kappa shape index (κ1) is 27.5. The fraction of sp³-hybridized carbons (Fsp3) is 0. The lowest BCUT2D eigenvalue weighted by Gasteiger charge is -2.16. The average Bonchev–Trinajstić information content (AvgIpc) is 3.85. The summed E-state index contributed by atoms with van der Waals surface area (Å²) >= 11 is 0. The van der Waals surface area contributed by atoms with Gasteiger partial charge < -0.3 is 8.98 Å². The molecule has 0 bridgehead atoms. The molecule has 5 nitrogen and oxygen atoms in total. The van der Waals surface area contributed by atoms with Crippen LogP contribution in [0.5, 0.6) is 0 Å². The van der Waals surface area contributed by atoms with Crippen LogP contribution in [0.1, 0.15) is 0 Å². The molecule has 1 aliphatic rings. The van der Waals surface area contributed by atoms with Crippen LogP contribution >= 0.6 is 0 Å². The minimum atomic E-state index is 0.797. The lowest BCUT2D eigenvalue weighted by molar-refractivity contribution is 0.669. The summed E-state index contributed by atoms with van der Waals surface area (Å²) in [7, 11) is 0. The second-order valence-electron chi connectivity index (χ2n) is 14.1. The summed E-state index contributed by atoms with van der Waals surface area (Å²) in [5.74, 6) is 0.797. The third-order valence-corrected chi connectivity index (χ3v) is 11.4. The van der Waals surface area contributed by atoms with Crippen LogP contribution in [0.25, 0.3) is 121 Å². The van der Waals surface area contributed by atoms with Crippen molar-refractivity contribution in [1.29, 1.82) is 0 Å². The smallest absolute Gasteiger partial charge is 0.165 e. The standard InChI is InChI=1S/C48H26N4O/c1-2-12-28(13-3-1)51-36-21-7-4-14-29(36)32-17-9-18-33(47(32)51)46-48(50-35-20-6-5-19-34(35)49-46)52-37-24-23-27-11-8-15-30-31-16-10-22-39-42(31)45-40(53-39)26-25-38(52)44(45)43(37)41(27)30/h1-26H. The molecule has 4 heterocycles. The number of hydrogen-bond donors (Lipinski definition) is 0. The van der Waals surface area contributed by atoms with Gasteiger partial charge in [-0.3, -0.25) is 4.57 Å². The highest BCUT2D eigenvalue weighted by atomic mass is 16.3. The molecule has 12 aromatic rings. The van der Waals surface area contributed by atoms with Crippen molar-refractivity contribution in [1.82, 2.24) is 19.1 Å². The molecule has 0 fully saturated rings. The Morgan fingerprint density at radius 3 is 1.94 bits per heavy atom. The molecule has 244 valence electrons. The van der Waals surface area contributed by atoms with E-state index in [-0.39, 0.29) is 0 Å². The van der Waals surface area contributed by atoms with E-state index in [9.17, 15) is 0 Å². The zero-order valence-electron chi connectivity index (χ0n) is 28.2. The Labute approximate surface area is 301 Å². The van der Waals surface area contributed by atoms with E-state index in [1.165, 1.54) is 43.4 Å². The van der Waals surface area contributed by atoms with Gasteiger partial charge >= 0.3 is 0 Å². The molecule has 0 saturated carbocycles. The number of para-hydroxylation sites is 5. The van der Waals surface area contributed by atoms with Crippen molar-refractivity contribution in [2.45, 2.75) is 0 Å². The second-order valence-corrected chi connectivity index (χ2v) is 14.1. The Hall–Kier alpha value is -7.24. The largest absolute Gasteiger partial charge is 0.456 e. The van der Waals surface area contributed by atoms with Crippen molar-refractivity contribution in [2.75, 3.05) is 0 Å². The number of fused-ring (bicyclic) bond motifs is 5. The van der Waals surface area contributed by atoms with Crippen molar-refractivity contribution in [3.8, 4) is 33.9 Å². The van der Waals surface area contributed by atoms with E-state index in [4.69, 9.17) is 14.4 Å². The lowest BCUT2D eigenvalue weighted by Crippen LogP contribution is -2.05. The van der Waals surface area contributed by atoms with Gasteiger partial charge in [0.05, 0.1) is 33.1 Å². The van der Waals surface area contributed by atoms with Gasteiger partial charge in [-0.2, -0.15) is 0 Å². The summed E-state index contributed by atoms with van der Waals surface area (Å²) in [6.45, 7) is 0. The topological polar surface area (TPSA) is 48.8 Å². The highest BCUT2D eigenvalue weighted by molar-refractivity contribution is 6.38. The lowest BCUT2D eigenvalue weighted by atomic mass is 9.95. The van der Waals surface area contributed by atoms with Crippen molar-refractivity contribution >= 4 is 87.4 Å². The van der Waals surface area contributed by atoms with Crippen LogP contribution in [-0.2, 0) is 0 Å². The zero-order valence-corrected chi connectivity index (χ0v) is 28.2. The zero-order chi connectivity index (χ0) is 34.4. The maximum absolute atomic E-state index is 6.57. The van der Waals surface area contributed by atoms with Gasteiger partial charge in [-0.05, 0) is 76.5 Å². The molecule has 0 saturated heterocycles. The maximum atomic E-state index is 6.57. The predicted molar refractivity (Wildman–Crippen MR) is 217 cm³/mol. The third-order valence-electron chi connectivity index (χ3n) is 11.4. The van der Waals surface area contributed by atoms with Gasteiger partial charge in [0, 0.05) is 43.6 Å². The van der Waals surface area contributed by atoms with Crippen molar-refractivity contribution in [2.24, 2.45) is 0 Å². The number of aromatic nitrogens is 4. The minimum absolute atomic E-state index is 0.797. The molecule has 0 unspecified atom stereocenters. The molecular weight excluding hydrogens is 649 g/mol. The van der Waals surface area contributed by atoms with E-state index in [2.05, 4.69) is 155 Å². The Morgan fingerprint density at radius 2 is 1.06 bits per heavy atom. The highest BCUT2D eigenvalue weighted by Gasteiger charge is 2.28. The van der Waals surface area contributed by atoms with Gasteiger partial charge in [0.15, 0.2) is 5.82 Å². The number of furan rings is 1. The quantitative estimate of drug-likeness (QED) is 0.187. The SMILES string of the molecule is c1ccc(-n2c3ccccc3c3cccc(-c4nc5ccccc5nc4-n4c5ccc6cccc7c6c5c5c6c(ccc54)oc4cccc-7c46)c32)cc1. The molecule has 13 rings (SSSR count). The van der Waals surface area contributed by atoms with Gasteiger partial charge in [0.25, 0.3) is 0 Å². The molecule has 0 spiro atoms. The van der Waals surface area contributed by atoms with E-state index in [0.29, 0.717) is 0 Å². The Balaban J connectivity index is 1.25. The Bertz CT molecular complexity index is 3570. The van der Waals surface area contributed by atoms with E-state index in [0.717, 1.165) is 77.8 Å². The fourth-order valence-corrected chi connectivity index (χ4v) is 9.33. The van der Waals surface area contributed by atoms with Gasteiger partial charge in [0.2, 0.25) is 0 Å². The summed E-state index contributed by atoms with van der Waals surface area (Å²) in [6.07, 6.45) is 0. The van der Waals surface area contributed by atoms with E-state index in [1.54, 1.807) is 0 Å². The summed E-state index contributed by atoms with van der Waals surface area (Å²) in [6, 6.07) is 56.1. The van der Waals surface area contributed by atoms with Crippen molar-refractivity contribution in [3.63, 3.8) is 0 Å². The monoisotopic (exact) mass is 674 g/mol. The summed E-state index contributed by atoms with van der Waals surface area (Å²) in [5, 5.41) is 9.58. The van der Waals surface area contributed by atoms with Gasteiger partial charge in [0.1, 0.15) is 16.9 Å². The molecular formula is C48H26N4O. The molecule has 0 radical (unpaired) electrons. The summed E-state index contributed by atoms with van der Waals surface area (Å²) in [5.41, 5.74) is 13.3. The molecule has 0 atom stereocenters. The van der Waals surface area contributed by atoms with Crippen LogP contribution in [0.3, 0.4) is 0 Å². The van der Waals surface area contributed by atoms with Crippen LogP contribution in [0.2, 0.25) is 0 Å². The Kier molecular flexibility index (Phi) is 5.06. The third kappa shape index (κ3) is 3.42. The number of rotatable bonds is 3. The number of hydrogen-bond acceptors (Lipinski definition) is 3. The molecule has 0 N–H and O–H groups in total. The van der Waals surface area contributed by atoms with Gasteiger partial charge in [-0.25, -0.2) is 9.97 Å². The highest BCUT2D eigenvalue weighted by Crippen LogP contribution is 2.51. The molecule has 4 aromatic heterocycles. The van der Waals surface area contributed by atoms with Crippen LogP contribution < -0.4 is 0 Å². The normalized spacial score (nSPS) is 12.5. The fourth-order valence-electron chi connectivity index (χ4n) is 9.33. The van der Waals surface area contributed by atoms with Crippen LogP contribution in [-0.4, -0.2) is 19.1 Å². The van der Waals surface area contributed by atoms with Crippen LogP contribution in [0.4, 0.5) is 0 Å². The molecule has 0 amide bonds. The first-order chi connectivity index (χ1) is 26.3. The number of benzene rings is 8. The van der Waals surface area contributed by atoms with Crippen LogP contribution in [0.15, 0.2) is 162 Å². The van der Waals surface area contributed by atoms with Gasteiger partial charge in [-0.1, -0.05) is 103 Å². The number of nitrogens with zero attached hydrogens (tertiary/aromatic N) is 4. The van der Waals surface area contributed by atoms with E-state index < -0.39 is 0 Å².